The molecule has 0 saturated carbocycles. The normalized spacial score (nSPS) is 22.5. The lowest BCUT2D eigenvalue weighted by molar-refractivity contribution is 0.620. The van der Waals surface area contributed by atoms with Crippen LogP contribution in [0.1, 0.15) is 6.92 Å². The first-order valence-electron chi connectivity index (χ1n) is 3.72. The minimum absolute atomic E-state index is 0.250. The maximum absolute atomic E-state index is 8.54. The summed E-state index contributed by atoms with van der Waals surface area (Å²) in [5.41, 5.74) is 0.655. The zero-order chi connectivity index (χ0) is 8.10. The second kappa shape index (κ2) is 3.89. The first-order valence-corrected chi connectivity index (χ1v) is 3.72. The van der Waals surface area contributed by atoms with Crippen LogP contribution in [-0.2, 0) is 0 Å². The summed E-state index contributed by atoms with van der Waals surface area (Å²) in [4.78, 5) is 4.05. The molecule has 58 valence electrons. The predicted octanol–water partition coefficient (Wildman–Crippen LogP) is 0.499. The average Bonchev–Trinajstić information content (AvgIpc) is 2.06. The van der Waals surface area contributed by atoms with Crippen molar-refractivity contribution in [2.45, 2.75) is 13.0 Å². The number of likely N-dealkylation sites (N-methyl/N-ethyl adjacent to an activating group) is 1. The Labute approximate surface area is 66.4 Å². The van der Waals surface area contributed by atoms with Crippen LogP contribution in [0.2, 0.25) is 0 Å². The number of nitrogens with one attached hydrogen (secondary N) is 1. The van der Waals surface area contributed by atoms with E-state index < -0.39 is 0 Å². The number of allylic oxidation sites excluding steroid dienone is 1. The predicted molar refractivity (Wildman–Crippen MR) is 44.5 cm³/mol. The fourth-order valence-corrected chi connectivity index (χ4v) is 1.03. The summed E-state index contributed by atoms with van der Waals surface area (Å²) in [5, 5.41) is 11.7. The molecule has 0 fully saturated rings. The number of nitrogens with zero attached hydrogens (tertiary/aromatic N) is 2. The summed E-state index contributed by atoms with van der Waals surface area (Å²) in [6.45, 7) is 3.70. The molecule has 1 aliphatic rings. The second-order valence-corrected chi connectivity index (χ2v) is 2.39. The van der Waals surface area contributed by atoms with Crippen LogP contribution in [0.4, 0.5) is 0 Å². The highest BCUT2D eigenvalue weighted by Crippen LogP contribution is 2.00. The molecule has 1 N–H and O–H groups in total. The minimum Gasteiger partial charge on any atom is -0.309 e. The van der Waals surface area contributed by atoms with Gasteiger partial charge in [-0.05, 0) is 12.6 Å². The summed E-state index contributed by atoms with van der Waals surface area (Å²) in [5.74, 6) is 0. The van der Waals surface area contributed by atoms with E-state index in [2.05, 4.69) is 16.4 Å². The Morgan fingerprint density at radius 2 is 2.73 bits per heavy atom. The first-order chi connectivity index (χ1) is 5.36. The van der Waals surface area contributed by atoms with Gasteiger partial charge in [-0.2, -0.15) is 5.26 Å². The van der Waals surface area contributed by atoms with Crippen LogP contribution in [0.3, 0.4) is 0 Å². The highest BCUT2D eigenvalue weighted by Gasteiger charge is 2.07. The lowest BCUT2D eigenvalue weighted by atomic mass is 10.1. The molecule has 0 aliphatic carbocycles. The molecule has 0 aromatic heterocycles. The monoisotopic (exact) mass is 149 g/mol. The highest BCUT2D eigenvalue weighted by molar-refractivity contribution is 5.84. The Morgan fingerprint density at radius 1 is 1.91 bits per heavy atom. The Kier molecular flexibility index (Phi) is 2.82. The van der Waals surface area contributed by atoms with Crippen molar-refractivity contribution in [2.24, 2.45) is 4.99 Å². The van der Waals surface area contributed by atoms with Crippen molar-refractivity contribution >= 4 is 6.21 Å². The molecule has 1 rings (SSSR count). The van der Waals surface area contributed by atoms with Crippen LogP contribution in [0, 0.1) is 11.3 Å². The number of rotatable bonds is 2. The molecule has 0 spiro atoms. The van der Waals surface area contributed by atoms with Gasteiger partial charge in [-0.25, -0.2) is 0 Å². The summed E-state index contributed by atoms with van der Waals surface area (Å²) in [6.07, 6.45) is 3.53. The van der Waals surface area contributed by atoms with Crippen LogP contribution < -0.4 is 5.32 Å². The van der Waals surface area contributed by atoms with Gasteiger partial charge >= 0.3 is 0 Å². The van der Waals surface area contributed by atoms with Crippen molar-refractivity contribution in [3.05, 3.63) is 11.6 Å². The molecule has 3 heteroatoms. The van der Waals surface area contributed by atoms with Crippen molar-refractivity contribution in [2.75, 3.05) is 13.1 Å². The number of hydrogen-bond acceptors (Lipinski definition) is 3. The third-order valence-corrected chi connectivity index (χ3v) is 1.51. The largest absolute Gasteiger partial charge is 0.309 e. The van der Waals surface area contributed by atoms with Gasteiger partial charge in [0.1, 0.15) is 6.07 Å². The lowest BCUT2D eigenvalue weighted by Crippen LogP contribution is -2.31. The quantitative estimate of drug-likeness (QED) is 0.621. The third-order valence-electron chi connectivity index (χ3n) is 1.51. The van der Waals surface area contributed by atoms with Gasteiger partial charge in [-0.3, -0.25) is 4.99 Å². The van der Waals surface area contributed by atoms with Crippen LogP contribution in [-0.4, -0.2) is 25.3 Å². The van der Waals surface area contributed by atoms with Crippen molar-refractivity contribution in [1.29, 1.82) is 5.26 Å². The number of dihydropyridines is 1. The van der Waals surface area contributed by atoms with Gasteiger partial charge in [0, 0.05) is 12.3 Å². The van der Waals surface area contributed by atoms with Crippen LogP contribution in [0.25, 0.3) is 0 Å². The Morgan fingerprint density at radius 3 is 3.36 bits per heavy atom. The number of aliphatic imine (C=N–C) groups is 1. The van der Waals surface area contributed by atoms with Crippen LogP contribution in [0.5, 0.6) is 0 Å². The molecule has 1 atom stereocenters. The number of hydrogen-bond donors (Lipinski definition) is 1. The van der Waals surface area contributed by atoms with Crippen molar-refractivity contribution in [3.63, 3.8) is 0 Å². The fourth-order valence-electron chi connectivity index (χ4n) is 1.03. The van der Waals surface area contributed by atoms with E-state index in [4.69, 9.17) is 5.26 Å². The van der Waals surface area contributed by atoms with Crippen molar-refractivity contribution in [3.8, 4) is 6.07 Å². The Bertz CT molecular complexity index is 222. The van der Waals surface area contributed by atoms with E-state index in [1.807, 2.05) is 13.0 Å². The van der Waals surface area contributed by atoms with E-state index in [-0.39, 0.29) is 6.04 Å². The molecule has 0 bridgehead atoms. The van der Waals surface area contributed by atoms with Gasteiger partial charge in [-0.15, -0.1) is 0 Å². The van der Waals surface area contributed by atoms with Gasteiger partial charge in [0.05, 0.1) is 12.1 Å². The van der Waals surface area contributed by atoms with Crippen LogP contribution in [0.15, 0.2) is 16.6 Å². The highest BCUT2D eigenvalue weighted by atomic mass is 14.9. The zero-order valence-electron chi connectivity index (χ0n) is 6.54. The molecule has 0 saturated heterocycles. The number of nitriles is 1. The SMILES string of the molecule is CCNC1C=C(C#N)C=NC1. The summed E-state index contributed by atoms with van der Waals surface area (Å²) in [7, 11) is 0. The molecule has 11 heavy (non-hydrogen) atoms. The maximum Gasteiger partial charge on any atom is 0.100 e. The van der Waals surface area contributed by atoms with Gasteiger partial charge in [0.15, 0.2) is 0 Å². The molecular formula is C8H11N3. The maximum atomic E-state index is 8.54. The molecule has 1 aliphatic heterocycles. The molecule has 0 radical (unpaired) electrons. The third kappa shape index (κ3) is 2.17. The molecular weight excluding hydrogens is 138 g/mol. The van der Waals surface area contributed by atoms with E-state index in [1.165, 1.54) is 0 Å². The smallest absolute Gasteiger partial charge is 0.100 e. The van der Waals surface area contributed by atoms with Gasteiger partial charge in [0.25, 0.3) is 0 Å². The topological polar surface area (TPSA) is 48.2 Å². The van der Waals surface area contributed by atoms with Crippen molar-refractivity contribution in [1.82, 2.24) is 5.32 Å². The lowest BCUT2D eigenvalue weighted by Gasteiger charge is -2.13. The van der Waals surface area contributed by atoms with Gasteiger partial charge in [0.2, 0.25) is 0 Å². The summed E-state index contributed by atoms with van der Waals surface area (Å²) >= 11 is 0. The van der Waals surface area contributed by atoms with E-state index in [9.17, 15) is 0 Å². The van der Waals surface area contributed by atoms with Crippen molar-refractivity contribution < 1.29 is 0 Å². The molecule has 1 heterocycles. The zero-order valence-corrected chi connectivity index (χ0v) is 6.54. The van der Waals surface area contributed by atoms with Crippen LogP contribution >= 0.6 is 0 Å². The molecule has 3 nitrogen and oxygen atoms in total. The molecule has 0 amide bonds. The minimum atomic E-state index is 0.250. The van der Waals surface area contributed by atoms with E-state index in [1.54, 1.807) is 6.21 Å². The molecule has 0 aromatic carbocycles. The van der Waals surface area contributed by atoms with Gasteiger partial charge in [-0.1, -0.05) is 6.92 Å². The Balaban J connectivity index is 2.56. The molecule has 0 aromatic rings. The molecule has 1 unspecified atom stereocenters. The summed E-state index contributed by atoms with van der Waals surface area (Å²) in [6, 6.07) is 2.31. The van der Waals surface area contributed by atoms with Gasteiger partial charge < -0.3 is 5.32 Å². The first kappa shape index (κ1) is 7.96. The van der Waals surface area contributed by atoms with E-state index >= 15 is 0 Å². The average molecular weight is 149 g/mol. The second-order valence-electron chi connectivity index (χ2n) is 2.39. The fraction of sp³-hybridized carbons (Fsp3) is 0.500. The van der Waals surface area contributed by atoms with E-state index in [0.29, 0.717) is 5.57 Å². The van der Waals surface area contributed by atoms with E-state index in [0.717, 1.165) is 13.1 Å². The standard InChI is InChI=1S/C8H11N3/c1-2-11-8-3-7(4-9)5-10-6-8/h3,5,8,11H,2,6H2,1H3. The Hall–Kier alpha value is -1.14. The summed E-state index contributed by atoms with van der Waals surface area (Å²) < 4.78 is 0.